The number of hydrogen-bond donors (Lipinski definition) is 0. The molecule has 0 spiro atoms. The summed E-state index contributed by atoms with van der Waals surface area (Å²) in [6, 6.07) is 46.3. The quantitative estimate of drug-likeness (QED) is 0.208. The highest BCUT2D eigenvalue weighted by Crippen LogP contribution is 2.44. The van der Waals surface area contributed by atoms with Gasteiger partial charge in [-0.2, -0.15) is 0 Å². The Morgan fingerprint density at radius 2 is 0.886 bits per heavy atom. The fourth-order valence-electron chi connectivity index (χ4n) is 5.43. The van der Waals surface area contributed by atoms with Crippen molar-refractivity contribution in [2.75, 3.05) is 0 Å². The van der Waals surface area contributed by atoms with E-state index in [1.54, 1.807) is 0 Å². The third-order valence-electron chi connectivity index (χ3n) is 7.03. The number of hydrogen-bond acceptors (Lipinski definition) is 0. The van der Waals surface area contributed by atoms with Gasteiger partial charge in [-0.3, -0.25) is 0 Å². The predicted molar refractivity (Wildman–Crippen MR) is 154 cm³/mol. The SMILES string of the molecule is Brc1cc2cccc3c(-c4cc(-c5ccccc5)cc(-c5ccccc5)c4)cc4cccc1c4c23. The lowest BCUT2D eigenvalue weighted by molar-refractivity contribution is 1.58. The second kappa shape index (κ2) is 8.08. The average molecular weight is 509 g/mol. The summed E-state index contributed by atoms with van der Waals surface area (Å²) in [5.74, 6) is 0. The summed E-state index contributed by atoms with van der Waals surface area (Å²) in [4.78, 5) is 0. The van der Waals surface area contributed by atoms with Crippen LogP contribution in [0.2, 0.25) is 0 Å². The molecule has 7 aromatic rings. The lowest BCUT2D eigenvalue weighted by Crippen LogP contribution is -1.90. The highest BCUT2D eigenvalue weighted by molar-refractivity contribution is 9.10. The normalized spacial score (nSPS) is 11.6. The van der Waals surface area contributed by atoms with E-state index >= 15 is 0 Å². The topological polar surface area (TPSA) is 0 Å². The largest absolute Gasteiger partial charge is 0.0622 e. The molecule has 0 N–H and O–H groups in total. The fraction of sp³-hybridized carbons (Fsp3) is 0. The third kappa shape index (κ3) is 3.35. The minimum atomic E-state index is 1.15. The van der Waals surface area contributed by atoms with Crippen molar-refractivity contribution < 1.29 is 0 Å². The molecular formula is C34H21Br. The van der Waals surface area contributed by atoms with Gasteiger partial charge in [0.05, 0.1) is 0 Å². The summed E-state index contributed by atoms with van der Waals surface area (Å²) in [5.41, 5.74) is 7.43. The van der Waals surface area contributed by atoms with Crippen molar-refractivity contribution in [3.63, 3.8) is 0 Å². The predicted octanol–water partition coefficient (Wildman–Crippen LogP) is 10.3. The Hall–Kier alpha value is -3.94. The van der Waals surface area contributed by atoms with Gasteiger partial charge in [-0.05, 0) is 96.0 Å². The second-order valence-corrected chi connectivity index (χ2v) is 9.98. The van der Waals surface area contributed by atoms with Crippen LogP contribution in [0, 0.1) is 0 Å². The maximum Gasteiger partial charge on any atom is 0.0260 e. The van der Waals surface area contributed by atoms with Gasteiger partial charge in [-0.15, -0.1) is 0 Å². The molecule has 164 valence electrons. The molecule has 0 atom stereocenters. The Bertz CT molecular complexity index is 1770. The monoisotopic (exact) mass is 508 g/mol. The van der Waals surface area contributed by atoms with Crippen molar-refractivity contribution in [2.24, 2.45) is 0 Å². The van der Waals surface area contributed by atoms with Crippen LogP contribution >= 0.6 is 15.9 Å². The molecule has 0 saturated heterocycles. The Labute approximate surface area is 212 Å². The van der Waals surface area contributed by atoms with Crippen LogP contribution in [0.1, 0.15) is 0 Å². The molecule has 0 bridgehead atoms. The fourth-order valence-corrected chi connectivity index (χ4v) is 6.00. The van der Waals surface area contributed by atoms with E-state index < -0.39 is 0 Å². The zero-order chi connectivity index (χ0) is 23.4. The van der Waals surface area contributed by atoms with E-state index in [0.29, 0.717) is 0 Å². The van der Waals surface area contributed by atoms with Crippen LogP contribution in [-0.2, 0) is 0 Å². The number of rotatable bonds is 3. The maximum atomic E-state index is 3.81. The van der Waals surface area contributed by atoms with Crippen LogP contribution in [-0.4, -0.2) is 0 Å². The van der Waals surface area contributed by atoms with Gasteiger partial charge in [-0.25, -0.2) is 0 Å². The minimum Gasteiger partial charge on any atom is -0.0622 e. The number of halogens is 1. The van der Waals surface area contributed by atoms with E-state index in [1.807, 2.05) is 0 Å². The first-order valence-corrected chi connectivity index (χ1v) is 12.7. The first kappa shape index (κ1) is 20.4. The zero-order valence-electron chi connectivity index (χ0n) is 19.0. The van der Waals surface area contributed by atoms with Crippen molar-refractivity contribution in [3.05, 3.63) is 132 Å². The summed E-state index contributed by atoms with van der Waals surface area (Å²) in [6.07, 6.45) is 0. The maximum absolute atomic E-state index is 3.81. The molecule has 1 heteroatoms. The van der Waals surface area contributed by atoms with E-state index in [2.05, 4.69) is 143 Å². The van der Waals surface area contributed by atoms with Crippen molar-refractivity contribution in [2.45, 2.75) is 0 Å². The molecule has 35 heavy (non-hydrogen) atoms. The van der Waals surface area contributed by atoms with Crippen LogP contribution in [0.3, 0.4) is 0 Å². The standard InChI is InChI=1S/C34H21Br/c35-32-21-25-14-7-15-29-31(20-24-13-8-16-30(32)34(24)33(25)29)28-18-26(22-9-3-1-4-10-22)17-27(19-28)23-11-5-2-6-12-23/h1-21H. The molecule has 0 aromatic heterocycles. The summed E-state index contributed by atoms with van der Waals surface area (Å²) >= 11 is 3.81. The highest BCUT2D eigenvalue weighted by Gasteiger charge is 2.16. The van der Waals surface area contributed by atoms with Crippen molar-refractivity contribution >= 4 is 48.2 Å². The number of benzene rings is 7. The van der Waals surface area contributed by atoms with Gasteiger partial charge in [-0.1, -0.05) is 113 Å². The van der Waals surface area contributed by atoms with E-state index in [0.717, 1.165) is 4.47 Å². The molecule has 0 unspecified atom stereocenters. The van der Waals surface area contributed by atoms with E-state index in [9.17, 15) is 0 Å². The Balaban J connectivity index is 1.58. The summed E-state index contributed by atoms with van der Waals surface area (Å²) < 4.78 is 1.15. The highest BCUT2D eigenvalue weighted by atomic mass is 79.9. The molecule has 0 heterocycles. The summed E-state index contributed by atoms with van der Waals surface area (Å²) in [5, 5.41) is 7.77. The summed E-state index contributed by atoms with van der Waals surface area (Å²) in [6.45, 7) is 0. The van der Waals surface area contributed by atoms with Crippen LogP contribution in [0.15, 0.2) is 132 Å². The molecule has 0 radical (unpaired) electrons. The van der Waals surface area contributed by atoms with Crippen LogP contribution in [0.4, 0.5) is 0 Å². The molecule has 0 fully saturated rings. The minimum absolute atomic E-state index is 1.15. The van der Waals surface area contributed by atoms with E-state index in [1.165, 1.54) is 65.7 Å². The lowest BCUT2D eigenvalue weighted by atomic mass is 9.87. The molecular weight excluding hydrogens is 488 g/mol. The van der Waals surface area contributed by atoms with Crippen molar-refractivity contribution in [1.82, 2.24) is 0 Å². The average Bonchev–Trinajstić information content (AvgIpc) is 2.93. The van der Waals surface area contributed by atoms with Crippen molar-refractivity contribution in [3.8, 4) is 33.4 Å². The molecule has 0 nitrogen and oxygen atoms in total. The van der Waals surface area contributed by atoms with Crippen LogP contribution in [0.5, 0.6) is 0 Å². The molecule has 0 aliphatic heterocycles. The van der Waals surface area contributed by atoms with Gasteiger partial charge in [0, 0.05) is 4.47 Å². The molecule has 0 aliphatic rings. The van der Waals surface area contributed by atoms with Gasteiger partial charge in [0.1, 0.15) is 0 Å². The van der Waals surface area contributed by atoms with Crippen LogP contribution in [0.25, 0.3) is 65.7 Å². The van der Waals surface area contributed by atoms with Gasteiger partial charge in [0.2, 0.25) is 0 Å². The second-order valence-electron chi connectivity index (χ2n) is 9.12. The van der Waals surface area contributed by atoms with Gasteiger partial charge >= 0.3 is 0 Å². The smallest absolute Gasteiger partial charge is 0.0260 e. The third-order valence-corrected chi connectivity index (χ3v) is 7.69. The molecule has 7 aromatic carbocycles. The molecule has 7 rings (SSSR count). The lowest BCUT2D eigenvalue weighted by Gasteiger charge is -2.17. The Kier molecular flexibility index (Phi) is 4.72. The Morgan fingerprint density at radius 1 is 0.371 bits per heavy atom. The molecule has 0 aliphatic carbocycles. The van der Waals surface area contributed by atoms with E-state index in [-0.39, 0.29) is 0 Å². The summed E-state index contributed by atoms with van der Waals surface area (Å²) in [7, 11) is 0. The Morgan fingerprint density at radius 3 is 1.51 bits per heavy atom. The zero-order valence-corrected chi connectivity index (χ0v) is 20.6. The van der Waals surface area contributed by atoms with Crippen molar-refractivity contribution in [1.29, 1.82) is 0 Å². The first-order chi connectivity index (χ1) is 17.3. The molecule has 0 amide bonds. The van der Waals surface area contributed by atoms with Gasteiger partial charge in [0.25, 0.3) is 0 Å². The van der Waals surface area contributed by atoms with Gasteiger partial charge < -0.3 is 0 Å². The van der Waals surface area contributed by atoms with E-state index in [4.69, 9.17) is 0 Å². The van der Waals surface area contributed by atoms with Gasteiger partial charge in [0.15, 0.2) is 0 Å². The molecule has 0 saturated carbocycles. The van der Waals surface area contributed by atoms with Crippen LogP contribution < -0.4 is 0 Å². The first-order valence-electron chi connectivity index (χ1n) is 11.9.